The number of fused-ring (bicyclic) bond motifs is 1. The molecule has 0 fully saturated rings. The first-order valence-corrected chi connectivity index (χ1v) is 8.34. The fourth-order valence-electron chi connectivity index (χ4n) is 2.54. The molecule has 7 heteroatoms. The number of hydrogen-bond acceptors (Lipinski definition) is 4. The van der Waals surface area contributed by atoms with Gasteiger partial charge in [-0.3, -0.25) is 4.79 Å². The second-order valence-corrected chi connectivity index (χ2v) is 6.23. The van der Waals surface area contributed by atoms with Gasteiger partial charge in [-0.1, -0.05) is 53.5 Å². The molecule has 0 atom stereocenters. The maximum Gasteiger partial charge on any atom is 0.275 e. The van der Waals surface area contributed by atoms with Crippen LogP contribution >= 0.6 is 23.2 Å². The van der Waals surface area contributed by atoms with Gasteiger partial charge in [0.2, 0.25) is 0 Å². The third-order valence-electron chi connectivity index (χ3n) is 3.78. The van der Waals surface area contributed by atoms with Crippen LogP contribution in [-0.4, -0.2) is 24.3 Å². The van der Waals surface area contributed by atoms with Crippen LogP contribution < -0.4 is 10.2 Å². The van der Waals surface area contributed by atoms with E-state index in [9.17, 15) is 9.90 Å². The molecule has 5 nitrogen and oxygen atoms in total. The minimum atomic E-state index is -0.637. The SMILES string of the molecule is COc1ccc2ccccc2c1C=NNC(=O)c1cc(Cl)cc(Cl)c1O. The number of carbonyl (C=O) groups excluding carboxylic acids is 1. The number of ether oxygens (including phenoxy) is 1. The highest BCUT2D eigenvalue weighted by Crippen LogP contribution is 2.31. The molecule has 0 unspecified atom stereocenters. The summed E-state index contributed by atoms with van der Waals surface area (Å²) in [5.41, 5.74) is 3.01. The predicted octanol–water partition coefficient (Wildman–Crippen LogP) is 4.62. The van der Waals surface area contributed by atoms with E-state index in [1.54, 1.807) is 7.11 Å². The van der Waals surface area contributed by atoms with Crippen molar-refractivity contribution in [1.29, 1.82) is 0 Å². The molecule has 3 aromatic rings. The molecular weight excluding hydrogens is 375 g/mol. The molecule has 3 rings (SSSR count). The quantitative estimate of drug-likeness (QED) is 0.505. The average Bonchev–Trinajstić information content (AvgIpc) is 2.64. The third-order valence-corrected chi connectivity index (χ3v) is 4.29. The lowest BCUT2D eigenvalue weighted by Gasteiger charge is -2.09. The van der Waals surface area contributed by atoms with Gasteiger partial charge in [-0.15, -0.1) is 0 Å². The predicted molar refractivity (Wildman–Crippen MR) is 104 cm³/mol. The maximum absolute atomic E-state index is 12.2. The highest BCUT2D eigenvalue weighted by molar-refractivity contribution is 6.36. The minimum absolute atomic E-state index is 0.0117. The molecule has 0 aliphatic rings. The number of benzene rings is 3. The lowest BCUT2D eigenvalue weighted by Crippen LogP contribution is -2.18. The van der Waals surface area contributed by atoms with E-state index in [0.717, 1.165) is 16.3 Å². The number of nitrogens with zero attached hydrogens (tertiary/aromatic N) is 1. The fourth-order valence-corrected chi connectivity index (χ4v) is 3.03. The van der Waals surface area contributed by atoms with E-state index in [2.05, 4.69) is 10.5 Å². The number of nitrogens with one attached hydrogen (secondary N) is 1. The third kappa shape index (κ3) is 3.59. The zero-order valence-electron chi connectivity index (χ0n) is 13.7. The van der Waals surface area contributed by atoms with Crippen LogP contribution in [0.2, 0.25) is 10.0 Å². The molecule has 0 bridgehead atoms. The number of aromatic hydroxyl groups is 1. The van der Waals surface area contributed by atoms with Gasteiger partial charge in [0.05, 0.1) is 23.9 Å². The van der Waals surface area contributed by atoms with Crippen molar-refractivity contribution in [2.24, 2.45) is 5.10 Å². The molecule has 0 spiro atoms. The highest BCUT2D eigenvalue weighted by atomic mass is 35.5. The van der Waals surface area contributed by atoms with E-state index in [4.69, 9.17) is 27.9 Å². The Kier molecular flexibility index (Phi) is 5.30. The number of phenols is 1. The van der Waals surface area contributed by atoms with E-state index < -0.39 is 5.91 Å². The van der Waals surface area contributed by atoms with E-state index in [-0.39, 0.29) is 21.4 Å². The Morgan fingerprint density at radius 3 is 2.73 bits per heavy atom. The summed E-state index contributed by atoms with van der Waals surface area (Å²) in [7, 11) is 1.56. The van der Waals surface area contributed by atoms with Crippen LogP contribution in [0.3, 0.4) is 0 Å². The molecule has 0 aliphatic heterocycles. The van der Waals surface area contributed by atoms with Crippen LogP contribution in [0.15, 0.2) is 53.6 Å². The van der Waals surface area contributed by atoms with Crippen LogP contribution in [0.25, 0.3) is 10.8 Å². The van der Waals surface area contributed by atoms with E-state index in [0.29, 0.717) is 5.75 Å². The zero-order valence-corrected chi connectivity index (χ0v) is 15.2. The summed E-state index contributed by atoms with van der Waals surface area (Å²) < 4.78 is 5.37. The second-order valence-electron chi connectivity index (χ2n) is 5.39. The first kappa shape index (κ1) is 18.0. The standard InChI is InChI=1S/C19H14Cl2N2O3/c1-26-17-7-6-11-4-2-3-5-13(11)15(17)10-22-23-19(25)14-8-12(20)9-16(21)18(14)24/h2-10,24H,1H3,(H,23,25). The number of phenolic OH excluding ortho intramolecular Hbond substituents is 1. The van der Waals surface area contributed by atoms with Crippen molar-refractivity contribution in [2.75, 3.05) is 7.11 Å². The van der Waals surface area contributed by atoms with Gasteiger partial charge in [-0.25, -0.2) is 5.43 Å². The summed E-state index contributed by atoms with van der Waals surface area (Å²) in [6, 6.07) is 14.2. The molecule has 0 aliphatic carbocycles. The fraction of sp³-hybridized carbons (Fsp3) is 0.0526. The normalized spacial score (nSPS) is 11.0. The summed E-state index contributed by atoms with van der Waals surface area (Å²) in [6.07, 6.45) is 1.49. The van der Waals surface area contributed by atoms with Crippen molar-refractivity contribution in [3.63, 3.8) is 0 Å². The number of methoxy groups -OCH3 is 1. The first-order chi connectivity index (χ1) is 12.5. The van der Waals surface area contributed by atoms with Crippen molar-refractivity contribution < 1.29 is 14.6 Å². The molecule has 0 heterocycles. The van der Waals surface area contributed by atoms with E-state index in [1.807, 2.05) is 36.4 Å². The molecule has 2 N–H and O–H groups in total. The molecule has 26 heavy (non-hydrogen) atoms. The number of carbonyl (C=O) groups is 1. The molecular formula is C19H14Cl2N2O3. The zero-order chi connectivity index (χ0) is 18.7. The van der Waals surface area contributed by atoms with Crippen molar-refractivity contribution in [1.82, 2.24) is 5.43 Å². The van der Waals surface area contributed by atoms with Gasteiger partial charge in [0, 0.05) is 10.6 Å². The molecule has 0 saturated carbocycles. The largest absolute Gasteiger partial charge is 0.506 e. The monoisotopic (exact) mass is 388 g/mol. The molecule has 132 valence electrons. The van der Waals surface area contributed by atoms with Crippen LogP contribution in [0.1, 0.15) is 15.9 Å². The molecule has 1 amide bonds. The van der Waals surface area contributed by atoms with Gasteiger partial charge in [0.25, 0.3) is 5.91 Å². The van der Waals surface area contributed by atoms with Gasteiger partial charge >= 0.3 is 0 Å². The van der Waals surface area contributed by atoms with Gasteiger partial charge < -0.3 is 9.84 Å². The van der Waals surface area contributed by atoms with Crippen molar-refractivity contribution in [3.05, 3.63) is 69.7 Å². The Bertz CT molecular complexity index is 1020. The van der Waals surface area contributed by atoms with Crippen LogP contribution in [0.4, 0.5) is 0 Å². The Balaban J connectivity index is 1.90. The maximum atomic E-state index is 12.2. The van der Waals surface area contributed by atoms with Crippen LogP contribution in [0, 0.1) is 0 Å². The highest BCUT2D eigenvalue weighted by Gasteiger charge is 2.15. The number of halogens is 2. The van der Waals surface area contributed by atoms with Crippen molar-refractivity contribution in [2.45, 2.75) is 0 Å². The Morgan fingerprint density at radius 1 is 1.19 bits per heavy atom. The summed E-state index contributed by atoms with van der Waals surface area (Å²) in [4.78, 5) is 12.2. The second kappa shape index (κ2) is 7.64. The topological polar surface area (TPSA) is 70.9 Å². The summed E-state index contributed by atoms with van der Waals surface area (Å²) in [5, 5.41) is 16.0. The van der Waals surface area contributed by atoms with Gasteiger partial charge in [0.1, 0.15) is 11.5 Å². The lowest BCUT2D eigenvalue weighted by atomic mass is 10.0. The van der Waals surface area contributed by atoms with Gasteiger partial charge in [0.15, 0.2) is 0 Å². The number of hydrazone groups is 1. The van der Waals surface area contributed by atoms with Gasteiger partial charge in [-0.05, 0) is 29.0 Å². The Hall–Kier alpha value is -2.76. The summed E-state index contributed by atoms with van der Waals surface area (Å²) in [6.45, 7) is 0. The summed E-state index contributed by atoms with van der Waals surface area (Å²) in [5.74, 6) is -0.371. The minimum Gasteiger partial charge on any atom is -0.506 e. The molecule has 3 aromatic carbocycles. The number of hydrogen-bond donors (Lipinski definition) is 2. The van der Waals surface area contributed by atoms with Crippen molar-refractivity contribution in [3.8, 4) is 11.5 Å². The molecule has 0 aromatic heterocycles. The first-order valence-electron chi connectivity index (χ1n) is 7.58. The molecule has 0 saturated heterocycles. The van der Waals surface area contributed by atoms with E-state index >= 15 is 0 Å². The lowest BCUT2D eigenvalue weighted by molar-refractivity contribution is 0.0952. The van der Waals surface area contributed by atoms with E-state index in [1.165, 1.54) is 18.3 Å². The Morgan fingerprint density at radius 2 is 1.96 bits per heavy atom. The Labute approximate surface area is 159 Å². The van der Waals surface area contributed by atoms with Crippen molar-refractivity contribution >= 4 is 46.1 Å². The molecule has 0 radical (unpaired) electrons. The summed E-state index contributed by atoms with van der Waals surface area (Å²) >= 11 is 11.7. The average molecular weight is 389 g/mol. The van der Waals surface area contributed by atoms with Crippen LogP contribution in [0.5, 0.6) is 11.5 Å². The van der Waals surface area contributed by atoms with Gasteiger partial charge in [-0.2, -0.15) is 5.10 Å². The van der Waals surface area contributed by atoms with Crippen LogP contribution in [-0.2, 0) is 0 Å². The smallest absolute Gasteiger partial charge is 0.275 e. The number of amides is 1. The number of rotatable bonds is 4.